The van der Waals surface area contributed by atoms with Crippen molar-refractivity contribution in [3.8, 4) is 0 Å². The Morgan fingerprint density at radius 1 is 0.684 bits per heavy atom. The SMILES string of the molecule is CC(c1ccccc1)C(c1ccccc1)C(C)(C)C. The number of benzene rings is 2. The van der Waals surface area contributed by atoms with Crippen molar-refractivity contribution in [2.45, 2.75) is 39.5 Å². The first-order valence-electron chi connectivity index (χ1n) is 7.10. The molecule has 0 fully saturated rings. The minimum absolute atomic E-state index is 0.247. The van der Waals surface area contributed by atoms with E-state index in [4.69, 9.17) is 0 Å². The molecular weight excluding hydrogens is 228 g/mol. The lowest BCUT2D eigenvalue weighted by Crippen LogP contribution is -2.23. The van der Waals surface area contributed by atoms with Crippen molar-refractivity contribution in [3.05, 3.63) is 71.8 Å². The maximum atomic E-state index is 2.35. The van der Waals surface area contributed by atoms with Crippen LogP contribution in [0.3, 0.4) is 0 Å². The van der Waals surface area contributed by atoms with Gasteiger partial charge in [-0.05, 0) is 28.4 Å². The van der Waals surface area contributed by atoms with Crippen LogP contribution in [-0.4, -0.2) is 0 Å². The molecule has 0 heteroatoms. The Balaban J connectivity index is 2.40. The van der Waals surface area contributed by atoms with Gasteiger partial charge in [-0.15, -0.1) is 0 Å². The van der Waals surface area contributed by atoms with E-state index in [1.165, 1.54) is 11.1 Å². The molecule has 2 atom stereocenters. The molecule has 19 heavy (non-hydrogen) atoms. The molecule has 0 saturated carbocycles. The van der Waals surface area contributed by atoms with E-state index >= 15 is 0 Å². The topological polar surface area (TPSA) is 0 Å². The van der Waals surface area contributed by atoms with Crippen LogP contribution in [0.15, 0.2) is 60.7 Å². The Morgan fingerprint density at radius 2 is 1.11 bits per heavy atom. The zero-order valence-electron chi connectivity index (χ0n) is 12.4. The Morgan fingerprint density at radius 3 is 1.53 bits per heavy atom. The molecule has 0 heterocycles. The molecule has 0 bridgehead atoms. The Kier molecular flexibility index (Phi) is 4.09. The smallest absolute Gasteiger partial charge is 0.00471 e. The highest BCUT2D eigenvalue weighted by atomic mass is 14.4. The average Bonchev–Trinajstić information content (AvgIpc) is 2.39. The van der Waals surface area contributed by atoms with Gasteiger partial charge < -0.3 is 0 Å². The zero-order chi connectivity index (χ0) is 13.9. The molecule has 0 aliphatic carbocycles. The van der Waals surface area contributed by atoms with Crippen LogP contribution < -0.4 is 0 Å². The van der Waals surface area contributed by atoms with Crippen molar-refractivity contribution in [2.24, 2.45) is 5.41 Å². The molecule has 0 nitrogen and oxygen atoms in total. The maximum absolute atomic E-state index is 2.35. The largest absolute Gasteiger partial charge is 0.0622 e. The monoisotopic (exact) mass is 252 g/mol. The summed E-state index contributed by atoms with van der Waals surface area (Å²) >= 11 is 0. The molecule has 0 aromatic heterocycles. The highest BCUT2D eigenvalue weighted by Crippen LogP contribution is 2.44. The first kappa shape index (κ1) is 13.9. The molecule has 2 aromatic rings. The second-order valence-electron chi connectivity index (χ2n) is 6.45. The van der Waals surface area contributed by atoms with Gasteiger partial charge >= 0.3 is 0 Å². The molecular formula is C19H24. The van der Waals surface area contributed by atoms with Crippen LogP contribution in [0.4, 0.5) is 0 Å². The van der Waals surface area contributed by atoms with Crippen LogP contribution in [0.25, 0.3) is 0 Å². The van der Waals surface area contributed by atoms with E-state index in [0.717, 1.165) is 0 Å². The summed E-state index contributed by atoms with van der Waals surface area (Å²) in [5.41, 5.74) is 3.11. The molecule has 0 amide bonds. The highest BCUT2D eigenvalue weighted by Gasteiger charge is 2.31. The van der Waals surface area contributed by atoms with Gasteiger partial charge in [0.25, 0.3) is 0 Å². The first-order chi connectivity index (χ1) is 9.00. The van der Waals surface area contributed by atoms with Gasteiger partial charge in [-0.1, -0.05) is 88.4 Å². The molecule has 0 aliphatic rings. The van der Waals surface area contributed by atoms with Crippen molar-refractivity contribution in [2.75, 3.05) is 0 Å². The van der Waals surface area contributed by atoms with Crippen molar-refractivity contribution < 1.29 is 0 Å². The summed E-state index contributed by atoms with van der Waals surface area (Å²) in [5.74, 6) is 1.04. The van der Waals surface area contributed by atoms with Gasteiger partial charge in [0, 0.05) is 0 Å². The number of hydrogen-bond donors (Lipinski definition) is 0. The van der Waals surface area contributed by atoms with E-state index < -0.39 is 0 Å². The molecule has 0 saturated heterocycles. The fraction of sp³-hybridized carbons (Fsp3) is 0.368. The van der Waals surface area contributed by atoms with Gasteiger partial charge in [0.05, 0.1) is 0 Å². The third kappa shape index (κ3) is 3.26. The minimum atomic E-state index is 0.247. The summed E-state index contributed by atoms with van der Waals surface area (Å²) in [6.45, 7) is 9.36. The van der Waals surface area contributed by atoms with E-state index in [9.17, 15) is 0 Å². The Hall–Kier alpha value is -1.56. The fourth-order valence-corrected chi connectivity index (χ4v) is 3.15. The highest BCUT2D eigenvalue weighted by molar-refractivity contribution is 5.29. The zero-order valence-corrected chi connectivity index (χ0v) is 12.4. The molecule has 0 radical (unpaired) electrons. The summed E-state index contributed by atoms with van der Waals surface area (Å²) in [6.07, 6.45) is 0. The predicted molar refractivity (Wildman–Crippen MR) is 83.5 cm³/mol. The quantitative estimate of drug-likeness (QED) is 0.665. The lowest BCUT2D eigenvalue weighted by molar-refractivity contribution is 0.287. The van der Waals surface area contributed by atoms with Gasteiger partial charge in [-0.25, -0.2) is 0 Å². The lowest BCUT2D eigenvalue weighted by Gasteiger charge is -2.36. The van der Waals surface area contributed by atoms with Crippen molar-refractivity contribution in [1.29, 1.82) is 0 Å². The summed E-state index contributed by atoms with van der Waals surface area (Å²) in [5, 5.41) is 0. The molecule has 2 aromatic carbocycles. The van der Waals surface area contributed by atoms with Crippen molar-refractivity contribution in [1.82, 2.24) is 0 Å². The second kappa shape index (κ2) is 5.61. The minimum Gasteiger partial charge on any atom is -0.0622 e. The lowest BCUT2D eigenvalue weighted by atomic mass is 9.68. The van der Waals surface area contributed by atoms with Gasteiger partial charge in [0.2, 0.25) is 0 Å². The van der Waals surface area contributed by atoms with Gasteiger partial charge in [0.15, 0.2) is 0 Å². The normalized spacial score (nSPS) is 14.9. The van der Waals surface area contributed by atoms with E-state index in [1.807, 2.05) is 0 Å². The molecule has 0 spiro atoms. The average molecular weight is 252 g/mol. The van der Waals surface area contributed by atoms with Crippen LogP contribution in [0.5, 0.6) is 0 Å². The third-order valence-corrected chi connectivity index (χ3v) is 3.92. The van der Waals surface area contributed by atoms with Gasteiger partial charge in [-0.2, -0.15) is 0 Å². The van der Waals surface area contributed by atoms with Gasteiger partial charge in [0.1, 0.15) is 0 Å². The molecule has 2 unspecified atom stereocenters. The maximum Gasteiger partial charge on any atom is -0.00471 e. The molecule has 0 aliphatic heterocycles. The van der Waals surface area contributed by atoms with Crippen molar-refractivity contribution >= 4 is 0 Å². The first-order valence-corrected chi connectivity index (χ1v) is 7.10. The van der Waals surface area contributed by atoms with Gasteiger partial charge in [-0.3, -0.25) is 0 Å². The summed E-state index contributed by atoms with van der Waals surface area (Å²) in [7, 11) is 0. The second-order valence-corrected chi connectivity index (χ2v) is 6.45. The third-order valence-electron chi connectivity index (χ3n) is 3.92. The van der Waals surface area contributed by atoms with Crippen molar-refractivity contribution in [3.63, 3.8) is 0 Å². The number of hydrogen-bond acceptors (Lipinski definition) is 0. The van der Waals surface area contributed by atoms with Crippen LogP contribution in [-0.2, 0) is 0 Å². The summed E-state index contributed by atoms with van der Waals surface area (Å²) < 4.78 is 0. The molecule has 100 valence electrons. The van der Waals surface area contributed by atoms with Crippen LogP contribution >= 0.6 is 0 Å². The van der Waals surface area contributed by atoms with E-state index in [1.54, 1.807) is 0 Å². The number of rotatable bonds is 3. The Labute approximate surface area is 117 Å². The van der Waals surface area contributed by atoms with E-state index in [-0.39, 0.29) is 5.41 Å². The predicted octanol–water partition coefficient (Wildman–Crippen LogP) is 5.62. The fourth-order valence-electron chi connectivity index (χ4n) is 3.15. The van der Waals surface area contributed by atoms with Crippen LogP contribution in [0.1, 0.15) is 50.7 Å². The summed E-state index contributed by atoms with van der Waals surface area (Å²) in [6, 6.07) is 21.7. The van der Waals surface area contributed by atoms with E-state index in [0.29, 0.717) is 11.8 Å². The van der Waals surface area contributed by atoms with Crippen LogP contribution in [0, 0.1) is 5.41 Å². The summed E-state index contributed by atoms with van der Waals surface area (Å²) in [4.78, 5) is 0. The Bertz CT molecular complexity index is 491. The molecule has 0 N–H and O–H groups in total. The molecule has 2 rings (SSSR count). The van der Waals surface area contributed by atoms with Crippen LogP contribution in [0.2, 0.25) is 0 Å². The standard InChI is InChI=1S/C19H24/c1-15(16-11-7-5-8-12-16)18(19(2,3)4)17-13-9-6-10-14-17/h5-15,18H,1-4H3. The van der Waals surface area contributed by atoms with E-state index in [2.05, 4.69) is 88.4 Å².